The largest absolute Gasteiger partial charge is 0.491 e. The molecule has 6 nitrogen and oxygen atoms in total. The first-order valence-electron chi connectivity index (χ1n) is 9.83. The van der Waals surface area contributed by atoms with Crippen LogP contribution in [0.3, 0.4) is 0 Å². The molecular weight excluding hydrogens is 388 g/mol. The van der Waals surface area contributed by atoms with Gasteiger partial charge in [-0.25, -0.2) is 8.42 Å². The highest BCUT2D eigenvalue weighted by molar-refractivity contribution is 7.95. The van der Waals surface area contributed by atoms with Gasteiger partial charge in [-0.3, -0.25) is 9.10 Å². The summed E-state index contributed by atoms with van der Waals surface area (Å²) in [6.45, 7) is 8.02. The fraction of sp³-hybridized carbons (Fsp3) is 0.409. The van der Waals surface area contributed by atoms with Crippen LogP contribution in [-0.2, 0) is 14.8 Å². The number of hydrogen-bond acceptors (Lipinski definition) is 4. The maximum Gasteiger partial charge on any atom is 0.250 e. The number of aryl methyl sites for hydroxylation is 2. The van der Waals surface area contributed by atoms with E-state index in [4.69, 9.17) is 4.74 Å². The number of carbonyl (C=O) groups is 1. The Balaban J connectivity index is 1.57. The number of hydrogen-bond donors (Lipinski definition) is 1. The molecule has 1 N–H and O–H groups in total. The van der Waals surface area contributed by atoms with Gasteiger partial charge in [0.2, 0.25) is 15.9 Å². The van der Waals surface area contributed by atoms with Crippen molar-refractivity contribution in [3.63, 3.8) is 0 Å². The number of amides is 1. The molecule has 1 saturated carbocycles. The van der Waals surface area contributed by atoms with Crippen molar-refractivity contribution >= 4 is 27.3 Å². The zero-order valence-corrected chi connectivity index (χ0v) is 17.9. The summed E-state index contributed by atoms with van der Waals surface area (Å²) in [6, 6.07) is 12.7. The van der Waals surface area contributed by atoms with Gasteiger partial charge in [-0.05, 0) is 69.5 Å². The van der Waals surface area contributed by atoms with Crippen LogP contribution in [0, 0.1) is 19.8 Å². The van der Waals surface area contributed by atoms with E-state index in [0.717, 1.165) is 11.1 Å². The highest BCUT2D eigenvalue weighted by Gasteiger charge is 2.75. The molecule has 1 amide bonds. The van der Waals surface area contributed by atoms with Gasteiger partial charge >= 0.3 is 0 Å². The molecular formula is C22H26N2O4S. The Bertz CT molecular complexity index is 1040. The Morgan fingerprint density at radius 1 is 1.14 bits per heavy atom. The summed E-state index contributed by atoms with van der Waals surface area (Å²) in [5.41, 5.74) is 3.05. The van der Waals surface area contributed by atoms with Crippen LogP contribution in [0.4, 0.5) is 11.4 Å². The van der Waals surface area contributed by atoms with E-state index in [2.05, 4.69) is 5.32 Å². The molecule has 2 fully saturated rings. The lowest BCUT2D eigenvalue weighted by Gasteiger charge is -2.26. The third-order valence-electron chi connectivity index (χ3n) is 5.74. The number of benzene rings is 2. The summed E-state index contributed by atoms with van der Waals surface area (Å²) in [6.07, 6.45) is 0.429. The van der Waals surface area contributed by atoms with E-state index in [1.165, 1.54) is 4.31 Å². The third-order valence-corrected chi connectivity index (χ3v) is 8.26. The van der Waals surface area contributed by atoms with Gasteiger partial charge in [-0.1, -0.05) is 18.2 Å². The van der Waals surface area contributed by atoms with Gasteiger partial charge in [0, 0.05) is 18.2 Å². The minimum atomic E-state index is -3.80. The minimum Gasteiger partial charge on any atom is -0.491 e. The zero-order chi connectivity index (χ0) is 21.0. The van der Waals surface area contributed by atoms with Crippen LogP contribution in [-0.4, -0.2) is 31.7 Å². The van der Waals surface area contributed by atoms with Gasteiger partial charge in [-0.15, -0.1) is 0 Å². The summed E-state index contributed by atoms with van der Waals surface area (Å²) in [4.78, 5) is 13.1. The number of nitrogens with one attached hydrogen (secondary N) is 1. The Kier molecular flexibility index (Phi) is 4.61. The Labute approximate surface area is 171 Å². The molecule has 0 radical (unpaired) electrons. The minimum absolute atomic E-state index is 0.0565. The van der Waals surface area contributed by atoms with Crippen molar-refractivity contribution < 1.29 is 17.9 Å². The normalized spacial score (nSPS) is 24.3. The maximum atomic E-state index is 13.4. The topological polar surface area (TPSA) is 75.7 Å². The molecule has 0 spiro atoms. The first kappa shape index (κ1) is 19.8. The van der Waals surface area contributed by atoms with Gasteiger partial charge in [-0.2, -0.15) is 0 Å². The third kappa shape index (κ3) is 3.08. The summed E-state index contributed by atoms with van der Waals surface area (Å²) in [5.74, 6) is 0.0685. The lowest BCUT2D eigenvalue weighted by atomic mass is 10.1. The smallest absolute Gasteiger partial charge is 0.250 e. The Morgan fingerprint density at radius 2 is 1.76 bits per heavy atom. The van der Waals surface area contributed by atoms with Crippen molar-refractivity contribution in [1.29, 1.82) is 0 Å². The maximum absolute atomic E-state index is 13.4. The summed E-state index contributed by atoms with van der Waals surface area (Å²) in [5, 5.41) is 2.80. The average molecular weight is 415 g/mol. The van der Waals surface area contributed by atoms with Crippen LogP contribution in [0.2, 0.25) is 0 Å². The highest BCUT2D eigenvalue weighted by atomic mass is 32.2. The second-order valence-electron chi connectivity index (χ2n) is 8.21. The van der Waals surface area contributed by atoms with Crippen LogP contribution in [0.25, 0.3) is 0 Å². The van der Waals surface area contributed by atoms with Gasteiger partial charge in [0.25, 0.3) is 0 Å². The van der Waals surface area contributed by atoms with Crippen molar-refractivity contribution in [2.24, 2.45) is 5.92 Å². The van der Waals surface area contributed by atoms with E-state index >= 15 is 0 Å². The quantitative estimate of drug-likeness (QED) is 0.811. The molecule has 0 bridgehead atoms. The fourth-order valence-electron chi connectivity index (χ4n) is 4.26. The first-order chi connectivity index (χ1) is 13.7. The van der Waals surface area contributed by atoms with Gasteiger partial charge < -0.3 is 10.1 Å². The SMILES string of the molecule is Cc1cccc(C)c1N1C[C@H]2C[C@@]2(C(=O)Nc2ccc(OC(C)C)cc2)S1(=O)=O. The van der Waals surface area contributed by atoms with E-state index in [0.29, 0.717) is 30.1 Å². The van der Waals surface area contributed by atoms with Crippen LogP contribution < -0.4 is 14.4 Å². The van der Waals surface area contributed by atoms with Crippen LogP contribution in [0.15, 0.2) is 42.5 Å². The number of nitrogens with zero attached hydrogens (tertiary/aromatic N) is 1. The monoisotopic (exact) mass is 414 g/mol. The molecule has 4 rings (SSSR count). The number of rotatable bonds is 5. The van der Waals surface area contributed by atoms with E-state index in [9.17, 15) is 13.2 Å². The van der Waals surface area contributed by atoms with E-state index in [1.54, 1.807) is 24.3 Å². The number of carbonyl (C=O) groups excluding carboxylic acids is 1. The van der Waals surface area contributed by atoms with E-state index in [1.807, 2.05) is 45.9 Å². The standard InChI is InChI=1S/C22H26N2O4S/c1-14(2)28-19-10-8-18(9-11-19)23-21(25)22-12-17(22)13-24(29(22,26)27)20-15(3)6-5-7-16(20)4/h5-11,14,17H,12-13H2,1-4H3,(H,23,25)/t17-,22-/m1/s1. The second kappa shape index (κ2) is 6.76. The predicted octanol–water partition coefficient (Wildman–Crippen LogP) is 3.64. The van der Waals surface area contributed by atoms with Crippen molar-refractivity contribution in [1.82, 2.24) is 0 Å². The van der Waals surface area contributed by atoms with Crippen molar-refractivity contribution in [2.45, 2.75) is 45.0 Å². The molecule has 2 atom stereocenters. The molecule has 1 aliphatic carbocycles. The molecule has 1 saturated heterocycles. The summed E-state index contributed by atoms with van der Waals surface area (Å²) >= 11 is 0. The van der Waals surface area contributed by atoms with Crippen LogP contribution >= 0.6 is 0 Å². The lowest BCUT2D eigenvalue weighted by Crippen LogP contribution is -2.42. The number of fused-ring (bicyclic) bond motifs is 1. The lowest BCUT2D eigenvalue weighted by molar-refractivity contribution is -0.116. The molecule has 2 aromatic carbocycles. The molecule has 2 aromatic rings. The van der Waals surface area contributed by atoms with Crippen molar-refractivity contribution in [3.8, 4) is 5.75 Å². The van der Waals surface area contributed by atoms with Gasteiger partial charge in [0.15, 0.2) is 4.75 Å². The Hall–Kier alpha value is -2.54. The number of ether oxygens (including phenoxy) is 1. The van der Waals surface area contributed by atoms with E-state index < -0.39 is 20.7 Å². The van der Waals surface area contributed by atoms with Crippen LogP contribution in [0.5, 0.6) is 5.75 Å². The molecule has 2 aliphatic rings. The second-order valence-corrected chi connectivity index (χ2v) is 10.3. The number of para-hydroxylation sites is 1. The van der Waals surface area contributed by atoms with Crippen LogP contribution in [0.1, 0.15) is 31.4 Å². The zero-order valence-electron chi connectivity index (χ0n) is 17.1. The summed E-state index contributed by atoms with van der Waals surface area (Å²) < 4.78 is 32.5. The molecule has 0 unspecified atom stereocenters. The Morgan fingerprint density at radius 3 is 2.34 bits per heavy atom. The highest BCUT2D eigenvalue weighted by Crippen LogP contribution is 2.59. The molecule has 154 valence electrons. The molecule has 1 aliphatic heterocycles. The molecule has 7 heteroatoms. The summed E-state index contributed by atoms with van der Waals surface area (Å²) in [7, 11) is -3.80. The number of sulfonamides is 1. The van der Waals surface area contributed by atoms with Gasteiger partial charge in [0.1, 0.15) is 5.75 Å². The first-order valence-corrected chi connectivity index (χ1v) is 11.3. The molecule has 1 heterocycles. The van der Waals surface area contributed by atoms with Crippen molar-refractivity contribution in [2.75, 3.05) is 16.2 Å². The predicted molar refractivity (Wildman–Crippen MR) is 114 cm³/mol. The number of anilines is 2. The average Bonchev–Trinajstić information content (AvgIpc) is 3.33. The van der Waals surface area contributed by atoms with Gasteiger partial charge in [0.05, 0.1) is 11.8 Å². The fourth-order valence-corrected chi connectivity index (χ4v) is 6.75. The van der Waals surface area contributed by atoms with Crippen molar-refractivity contribution in [3.05, 3.63) is 53.6 Å². The molecule has 29 heavy (non-hydrogen) atoms. The van der Waals surface area contributed by atoms with E-state index in [-0.39, 0.29) is 12.0 Å². The molecule has 0 aromatic heterocycles.